The molecule has 0 unspecified atom stereocenters. The first-order valence-electron chi connectivity index (χ1n) is 22.7. The molecule has 0 saturated heterocycles. The predicted octanol–water partition coefficient (Wildman–Crippen LogP) is 4.87. The summed E-state index contributed by atoms with van der Waals surface area (Å²) in [6.07, 6.45) is 3.61. The van der Waals surface area contributed by atoms with Crippen LogP contribution in [-0.4, -0.2) is 103 Å². The van der Waals surface area contributed by atoms with Crippen LogP contribution < -0.4 is 25.6 Å². The molecule has 4 bridgehead atoms. The van der Waals surface area contributed by atoms with E-state index in [0.717, 1.165) is 37.3 Å². The zero-order valence-electron chi connectivity index (χ0n) is 39.4. The molecule has 15 nitrogen and oxygen atoms in total. The Morgan fingerprint density at radius 1 is 0.806 bits per heavy atom. The van der Waals surface area contributed by atoms with Gasteiger partial charge < -0.3 is 45.3 Å². The molecular formula is C52H64N4O11. The van der Waals surface area contributed by atoms with Crippen LogP contribution in [0.4, 0.5) is 0 Å². The smallest absolute Gasteiger partial charge is 0.326 e. The van der Waals surface area contributed by atoms with Gasteiger partial charge in [0, 0.05) is 67.9 Å². The molecule has 3 amide bonds. The van der Waals surface area contributed by atoms with Gasteiger partial charge in [-0.05, 0) is 84.7 Å². The highest BCUT2D eigenvalue weighted by Crippen LogP contribution is 2.40. The molecule has 15 heteroatoms. The Morgan fingerprint density at radius 3 is 1.99 bits per heavy atom. The number of carbonyl (C=O) groups is 7. The molecule has 5 N–H and O–H groups in total. The van der Waals surface area contributed by atoms with E-state index in [0.29, 0.717) is 52.3 Å². The van der Waals surface area contributed by atoms with Crippen molar-refractivity contribution in [3.8, 4) is 33.8 Å². The number of fused-ring (bicyclic) bond motifs is 5. The average molecular weight is 921 g/mol. The third kappa shape index (κ3) is 15.1. The van der Waals surface area contributed by atoms with Gasteiger partial charge in [0.15, 0.2) is 11.6 Å². The van der Waals surface area contributed by atoms with E-state index < -0.39 is 47.5 Å². The Morgan fingerprint density at radius 2 is 1.40 bits per heavy atom. The summed E-state index contributed by atoms with van der Waals surface area (Å²) in [5.41, 5.74) is 10.00. The monoisotopic (exact) mass is 920 g/mol. The van der Waals surface area contributed by atoms with Crippen LogP contribution in [-0.2, 0) is 41.6 Å². The number of nitrogens with one attached hydrogen (secondary N) is 1. The molecule has 0 spiro atoms. The maximum atomic E-state index is 14.4. The quantitative estimate of drug-likeness (QED) is 0.0901. The Kier molecular flexibility index (Phi) is 20.3. The molecule has 3 atom stereocenters. The van der Waals surface area contributed by atoms with E-state index >= 15 is 0 Å². The van der Waals surface area contributed by atoms with Gasteiger partial charge in [-0.15, -0.1) is 0 Å². The van der Waals surface area contributed by atoms with Crippen molar-refractivity contribution in [3.05, 3.63) is 107 Å². The number of amides is 3. The van der Waals surface area contributed by atoms with Gasteiger partial charge in [0.2, 0.25) is 17.7 Å². The molecule has 0 fully saturated rings. The van der Waals surface area contributed by atoms with E-state index in [2.05, 4.69) is 42.2 Å². The normalized spacial score (nSPS) is 15.7. The number of ketones is 2. The fraction of sp³-hybridized carbons (Fsp3) is 0.404. The SMILES string of the molecule is CC(=O)[O-].CCCc1ccc(-c2ccc(C(=O)CCCC(=O)N(CCCC[NH3+])CC(=O)N(C)[C@@H]3C(=O)C[C@@H](C)C(=O)N[C@H](C(=O)O)Cc4ccc(OC)c(c4)-c4cc3ccc4OC)cc2)cc1. The molecule has 0 radical (unpaired) electrons. The number of quaternary nitrogens is 1. The number of carboxylic acids is 2. The Labute approximate surface area is 392 Å². The molecule has 4 aromatic carbocycles. The van der Waals surface area contributed by atoms with Crippen molar-refractivity contribution in [2.45, 2.75) is 90.6 Å². The number of rotatable bonds is 18. The van der Waals surface area contributed by atoms with E-state index in [4.69, 9.17) is 19.4 Å². The van der Waals surface area contributed by atoms with Crippen molar-refractivity contribution < 1.29 is 59.0 Å². The zero-order valence-corrected chi connectivity index (χ0v) is 39.4. The van der Waals surface area contributed by atoms with Crippen molar-refractivity contribution in [3.63, 3.8) is 0 Å². The van der Waals surface area contributed by atoms with Crippen molar-refractivity contribution in [1.82, 2.24) is 15.1 Å². The number of carboxylic acid groups (broad SMARTS) is 2. The van der Waals surface area contributed by atoms with Crippen molar-refractivity contribution in [2.24, 2.45) is 5.92 Å². The first-order chi connectivity index (χ1) is 32.0. The summed E-state index contributed by atoms with van der Waals surface area (Å²) < 4.78 is 11.4. The molecule has 67 heavy (non-hydrogen) atoms. The van der Waals surface area contributed by atoms with Crippen LogP contribution in [0, 0.1) is 5.92 Å². The summed E-state index contributed by atoms with van der Waals surface area (Å²) in [6, 6.07) is 23.8. The van der Waals surface area contributed by atoms with Crippen LogP contribution in [0.15, 0.2) is 84.9 Å². The minimum atomic E-state index is -1.27. The number of carbonyl (C=O) groups excluding carboxylic acids is 6. The van der Waals surface area contributed by atoms with Gasteiger partial charge >= 0.3 is 5.97 Å². The van der Waals surface area contributed by atoms with Crippen LogP contribution in [0.1, 0.15) is 98.8 Å². The van der Waals surface area contributed by atoms with Crippen molar-refractivity contribution in [2.75, 3.05) is 40.9 Å². The summed E-state index contributed by atoms with van der Waals surface area (Å²) in [5, 5.41) is 21.5. The van der Waals surface area contributed by atoms with Gasteiger partial charge in [0.05, 0.1) is 27.3 Å². The highest BCUT2D eigenvalue weighted by Gasteiger charge is 2.34. The van der Waals surface area contributed by atoms with Crippen molar-refractivity contribution in [1.29, 1.82) is 0 Å². The number of methoxy groups -OCH3 is 2. The fourth-order valence-corrected chi connectivity index (χ4v) is 7.97. The molecule has 1 aliphatic rings. The van der Waals surface area contributed by atoms with E-state index in [9.17, 15) is 33.9 Å². The third-order valence-electron chi connectivity index (χ3n) is 11.6. The molecule has 0 aromatic heterocycles. The van der Waals surface area contributed by atoms with E-state index in [1.165, 1.54) is 43.6 Å². The maximum absolute atomic E-state index is 14.4. The van der Waals surface area contributed by atoms with Crippen LogP contribution >= 0.6 is 0 Å². The number of nitrogens with zero attached hydrogens (tertiary/aromatic N) is 2. The largest absolute Gasteiger partial charge is 0.550 e. The first kappa shape index (κ1) is 52.8. The van der Waals surface area contributed by atoms with Crippen LogP contribution in [0.2, 0.25) is 0 Å². The second kappa shape index (κ2) is 25.7. The minimum absolute atomic E-state index is 0.0240. The zero-order chi connectivity index (χ0) is 49.2. The number of ether oxygens (including phenoxy) is 2. The van der Waals surface area contributed by atoms with Crippen LogP contribution in [0.5, 0.6) is 11.5 Å². The summed E-state index contributed by atoms with van der Waals surface area (Å²) in [4.78, 5) is 93.0. The van der Waals surface area contributed by atoms with E-state index in [1.807, 2.05) is 24.3 Å². The number of aliphatic carboxylic acids is 2. The van der Waals surface area contributed by atoms with Crippen LogP contribution in [0.3, 0.4) is 0 Å². The third-order valence-corrected chi connectivity index (χ3v) is 11.6. The summed E-state index contributed by atoms with van der Waals surface area (Å²) >= 11 is 0. The maximum Gasteiger partial charge on any atom is 0.326 e. The molecule has 1 heterocycles. The Bertz CT molecular complexity index is 2360. The number of benzene rings is 4. The number of likely N-dealkylation sites (N-methyl/N-ethyl adjacent to an activating group) is 1. The number of hydrogen-bond acceptors (Lipinski definition) is 10. The first-order valence-corrected chi connectivity index (χ1v) is 22.7. The van der Waals surface area contributed by atoms with Gasteiger partial charge in [-0.3, -0.25) is 24.0 Å². The standard InChI is InChI=1S/C50H60N4O9.C2H4O2/c1-6-10-33-13-16-35(17-14-33)36-18-20-37(21-19-36)42(55)11-9-12-46(57)54(26-8-7-25-51)31-47(58)53(3)48-38-22-24-45(63-5)40(30-38)39-28-34(15-23-44(39)62-4)29-41(50(60)61)52-49(59)32(2)27-43(48)56;1-2(3)4/h13-24,28,30,32,41,48H,6-12,25-27,29,31,51H2,1-5H3,(H,52,59)(H,60,61);1H3,(H,3,4)/t32-,41+,48+;/m1./s1. The molecule has 0 aliphatic carbocycles. The lowest BCUT2D eigenvalue weighted by atomic mass is 9.90. The summed E-state index contributed by atoms with van der Waals surface area (Å²) in [7, 11) is 4.50. The minimum Gasteiger partial charge on any atom is -0.550 e. The molecule has 1 aliphatic heterocycles. The number of aryl methyl sites for hydroxylation is 1. The predicted molar refractivity (Wildman–Crippen MR) is 251 cm³/mol. The van der Waals surface area contributed by atoms with Gasteiger partial charge in [-0.2, -0.15) is 0 Å². The lowest BCUT2D eigenvalue weighted by Gasteiger charge is -2.32. The fourth-order valence-electron chi connectivity index (χ4n) is 7.97. The highest BCUT2D eigenvalue weighted by atomic mass is 16.5. The number of unbranched alkanes of at least 4 members (excludes halogenated alkanes) is 1. The number of Topliss-reactive ketones (excluding diaryl/α,β-unsaturated/α-hetero) is 2. The lowest BCUT2D eigenvalue weighted by Crippen LogP contribution is -2.50. The van der Waals surface area contributed by atoms with Crippen molar-refractivity contribution >= 4 is 41.2 Å². The van der Waals surface area contributed by atoms with Gasteiger partial charge in [0.1, 0.15) is 23.6 Å². The second-order valence-corrected chi connectivity index (χ2v) is 16.7. The molecule has 5 rings (SSSR count). The Hall–Kier alpha value is -6.87. The summed E-state index contributed by atoms with van der Waals surface area (Å²) in [6.45, 7) is 5.28. The van der Waals surface area contributed by atoms with E-state index in [-0.39, 0.29) is 56.9 Å². The topological polar surface area (TPSA) is 227 Å². The molecule has 358 valence electrons. The highest BCUT2D eigenvalue weighted by molar-refractivity contribution is 5.97. The lowest BCUT2D eigenvalue weighted by molar-refractivity contribution is -0.368. The van der Waals surface area contributed by atoms with Crippen LogP contribution in [0.25, 0.3) is 22.3 Å². The Balaban J connectivity index is 0.00000235. The van der Waals surface area contributed by atoms with Gasteiger partial charge in [-0.25, -0.2) is 4.79 Å². The summed E-state index contributed by atoms with van der Waals surface area (Å²) in [5.74, 6) is -4.29. The molecular weight excluding hydrogens is 857 g/mol. The van der Waals surface area contributed by atoms with Gasteiger partial charge in [-0.1, -0.05) is 80.9 Å². The second-order valence-electron chi connectivity index (χ2n) is 16.7. The van der Waals surface area contributed by atoms with Gasteiger partial charge in [0.25, 0.3) is 0 Å². The van der Waals surface area contributed by atoms with E-state index in [1.54, 1.807) is 36.4 Å². The molecule has 4 aromatic rings. The number of hydrogen-bond donors (Lipinski definition) is 3. The molecule has 0 saturated carbocycles. The average Bonchev–Trinajstić information content (AvgIpc) is 3.30.